The number of fused-ring (bicyclic) bond motifs is 2. The van der Waals surface area contributed by atoms with Gasteiger partial charge in [0.15, 0.2) is 0 Å². The Balaban J connectivity index is 1.51. The van der Waals surface area contributed by atoms with E-state index in [4.69, 9.17) is 9.31 Å². The fourth-order valence-corrected chi connectivity index (χ4v) is 5.24. The molecule has 1 aromatic heterocycles. The van der Waals surface area contributed by atoms with E-state index in [-0.39, 0.29) is 11.6 Å². The maximum atomic E-state index is 13.4. The summed E-state index contributed by atoms with van der Waals surface area (Å²) in [6.45, 7) is 5.20. The molecule has 2 aliphatic rings. The van der Waals surface area contributed by atoms with Crippen LogP contribution in [0, 0.1) is 5.92 Å². The molecule has 218 valence electrons. The number of aliphatic hydroxyl groups is 1. The van der Waals surface area contributed by atoms with Gasteiger partial charge in [0, 0.05) is 5.56 Å². The number of piperidine rings is 1. The van der Waals surface area contributed by atoms with Crippen molar-refractivity contribution in [3.63, 3.8) is 0 Å². The molecule has 12 heteroatoms. The van der Waals surface area contributed by atoms with Crippen LogP contribution in [0.5, 0.6) is 0 Å². The van der Waals surface area contributed by atoms with Crippen molar-refractivity contribution in [2.45, 2.75) is 76.6 Å². The minimum Gasteiger partial charge on any atom is -0.497 e. The topological polar surface area (TPSA) is 147 Å². The predicted molar refractivity (Wildman–Crippen MR) is 151 cm³/mol. The van der Waals surface area contributed by atoms with Gasteiger partial charge in [-0.25, -0.2) is 4.98 Å². The number of nitrogens with one attached hydrogen (secondary N) is 2. The highest BCUT2D eigenvalue weighted by molar-refractivity contribution is 6.51. The number of rotatable bonds is 9. The van der Waals surface area contributed by atoms with Gasteiger partial charge in [0.2, 0.25) is 5.91 Å². The van der Waals surface area contributed by atoms with Crippen LogP contribution in [-0.2, 0) is 23.7 Å². The molecule has 0 spiro atoms. The Morgan fingerprint density at radius 2 is 1.63 bits per heavy atom. The Morgan fingerprint density at radius 3 is 2.22 bits per heavy atom. The van der Waals surface area contributed by atoms with E-state index in [0.29, 0.717) is 31.4 Å². The van der Waals surface area contributed by atoms with Crippen LogP contribution in [0.1, 0.15) is 56.9 Å². The van der Waals surface area contributed by atoms with Gasteiger partial charge in [0.25, 0.3) is 5.91 Å². The van der Waals surface area contributed by atoms with E-state index >= 15 is 0 Å². The molecule has 2 fully saturated rings. The highest BCUT2D eigenvalue weighted by Crippen LogP contribution is 2.27. The molecule has 4 rings (SSSR count). The summed E-state index contributed by atoms with van der Waals surface area (Å²) in [5.41, 5.74) is 1.47. The Labute approximate surface area is 240 Å². The van der Waals surface area contributed by atoms with Gasteiger partial charge >= 0.3 is 19.1 Å². The molecule has 41 heavy (non-hydrogen) atoms. The number of likely N-dealkylation sites (N-methyl/N-ethyl adjacent to an activating group) is 1. The van der Waals surface area contributed by atoms with Gasteiger partial charge < -0.3 is 25.0 Å². The monoisotopic (exact) mass is 564 g/mol. The summed E-state index contributed by atoms with van der Waals surface area (Å²) >= 11 is 0. The maximum Gasteiger partial charge on any atom is 0.622 e. The lowest BCUT2D eigenvalue weighted by atomic mass is 9.72. The third-order valence-corrected chi connectivity index (χ3v) is 7.43. The molecule has 0 saturated carbocycles. The molecule has 0 aliphatic carbocycles. The molecular formula is C29H37BN4O7. The normalized spacial score (nSPS) is 21.6. The molecule has 3 N–H and O–H groups in total. The predicted octanol–water partition coefficient (Wildman–Crippen LogP) is 1.74. The lowest BCUT2D eigenvalue weighted by Gasteiger charge is -2.40. The van der Waals surface area contributed by atoms with Crippen molar-refractivity contribution < 1.29 is 33.6 Å². The van der Waals surface area contributed by atoms with Crippen molar-refractivity contribution >= 4 is 30.9 Å². The highest BCUT2D eigenvalue weighted by atomic mass is 16.6. The first-order chi connectivity index (χ1) is 19.5. The molecule has 1 aromatic carbocycles. The molecule has 2 amide bonds. The summed E-state index contributed by atoms with van der Waals surface area (Å²) < 4.78 is 11.3. The zero-order valence-electron chi connectivity index (χ0n) is 23.8. The first kappa shape index (κ1) is 30.2. The number of carbonyl (C=O) groups is 4. The summed E-state index contributed by atoms with van der Waals surface area (Å²) in [6, 6.07) is 11.8. The molecule has 2 aromatic rings. The second kappa shape index (κ2) is 13.3. The third kappa shape index (κ3) is 7.31. The van der Waals surface area contributed by atoms with Crippen molar-refractivity contribution in [2.24, 2.45) is 5.92 Å². The molecule has 0 radical (unpaired) electrons. The van der Waals surface area contributed by atoms with Crippen LogP contribution >= 0.6 is 0 Å². The van der Waals surface area contributed by atoms with Crippen LogP contribution in [0.15, 0.2) is 48.5 Å². The Morgan fingerprint density at radius 1 is 1.00 bits per heavy atom. The Hall–Kier alpha value is -3.77. The van der Waals surface area contributed by atoms with E-state index < -0.39 is 61.0 Å². The van der Waals surface area contributed by atoms with Crippen molar-refractivity contribution in [1.29, 1.82) is 0 Å². The van der Waals surface area contributed by atoms with Crippen molar-refractivity contribution in [3.05, 3.63) is 54.2 Å². The summed E-state index contributed by atoms with van der Waals surface area (Å²) in [7, 11) is 0.345. The number of nitrogens with zero attached hydrogens (tertiary/aromatic N) is 2. The number of hydrogen-bond acceptors (Lipinski definition) is 9. The van der Waals surface area contributed by atoms with E-state index in [1.807, 2.05) is 44.2 Å². The fourth-order valence-electron chi connectivity index (χ4n) is 5.24. The minimum atomic E-state index is -1.36. The lowest BCUT2D eigenvalue weighted by Crippen LogP contribution is -2.62. The zero-order valence-corrected chi connectivity index (χ0v) is 23.8. The van der Waals surface area contributed by atoms with Gasteiger partial charge in [-0.1, -0.05) is 50.2 Å². The number of benzene rings is 1. The summed E-state index contributed by atoms with van der Waals surface area (Å²) in [5, 5.41) is 15.8. The highest BCUT2D eigenvalue weighted by Gasteiger charge is 2.48. The molecule has 2 saturated heterocycles. The van der Waals surface area contributed by atoms with Crippen molar-refractivity contribution in [2.75, 3.05) is 7.05 Å². The molecule has 0 unspecified atom stereocenters. The van der Waals surface area contributed by atoms with Crippen molar-refractivity contribution in [1.82, 2.24) is 20.5 Å². The second-order valence-corrected chi connectivity index (χ2v) is 11.1. The summed E-state index contributed by atoms with van der Waals surface area (Å²) in [6.07, 6.45) is 0.847. The van der Waals surface area contributed by atoms with Gasteiger partial charge in [0.1, 0.15) is 23.8 Å². The molecule has 3 heterocycles. The smallest absolute Gasteiger partial charge is 0.497 e. The molecule has 11 nitrogen and oxygen atoms in total. The summed E-state index contributed by atoms with van der Waals surface area (Å²) in [5.74, 6) is -3.30. The quantitative estimate of drug-likeness (QED) is 0.388. The van der Waals surface area contributed by atoms with Crippen LogP contribution in [-0.4, -0.2) is 83.1 Å². The van der Waals surface area contributed by atoms with Crippen LogP contribution < -0.4 is 10.6 Å². The van der Waals surface area contributed by atoms with Crippen LogP contribution in [0.3, 0.4) is 0 Å². The number of carbonyl (C=O) groups excluding carboxylic acids is 4. The first-order valence-electron chi connectivity index (χ1n) is 14.0. The van der Waals surface area contributed by atoms with E-state index in [1.165, 1.54) is 13.0 Å². The minimum absolute atomic E-state index is 0.0230. The SMILES string of the molecule is CC(C)C[C@H](NC(=O)[C@@H](NC(=O)c1cccc(-c2ccccc2)n1)[C@@H](C)O)B1OC(=O)[C@@H]2CCC[C@@H](C(=O)O1)N2C. The average Bonchev–Trinajstić information content (AvgIpc) is 2.94. The van der Waals surface area contributed by atoms with E-state index in [9.17, 15) is 24.3 Å². The Kier molecular flexibility index (Phi) is 9.77. The molecule has 2 aliphatic heterocycles. The second-order valence-electron chi connectivity index (χ2n) is 11.1. The van der Waals surface area contributed by atoms with Gasteiger partial charge in [-0.15, -0.1) is 0 Å². The van der Waals surface area contributed by atoms with Crippen LogP contribution in [0.4, 0.5) is 0 Å². The number of hydrogen-bond donors (Lipinski definition) is 3. The van der Waals surface area contributed by atoms with E-state index in [1.54, 1.807) is 24.1 Å². The van der Waals surface area contributed by atoms with Gasteiger partial charge in [-0.05, 0) is 57.7 Å². The standard InChI is InChI=1S/C29H37BN4O7/c1-17(2)16-24(30-40-28(38)22-14-9-15-23(34(22)4)29(39)41-30)32-27(37)25(18(3)35)33-26(36)21-13-8-12-20(31-21)19-10-6-5-7-11-19/h5-8,10-13,17-18,22-25,35H,9,14-16H2,1-4H3,(H,32,37)(H,33,36)/t18-,22+,23+,24+,25+/m1/s1. The molecule has 5 atom stereocenters. The Bertz CT molecular complexity index is 1230. The number of pyridine rings is 1. The molecule has 2 bridgehead atoms. The van der Waals surface area contributed by atoms with E-state index in [0.717, 1.165) is 5.56 Å². The molecular weight excluding hydrogens is 527 g/mol. The summed E-state index contributed by atoms with van der Waals surface area (Å²) in [4.78, 5) is 58.6. The van der Waals surface area contributed by atoms with Gasteiger partial charge in [-0.3, -0.25) is 24.1 Å². The number of amides is 2. The van der Waals surface area contributed by atoms with Gasteiger partial charge in [-0.2, -0.15) is 0 Å². The largest absolute Gasteiger partial charge is 0.622 e. The number of aromatic nitrogens is 1. The number of aliphatic hydroxyl groups excluding tert-OH is 1. The maximum absolute atomic E-state index is 13.4. The van der Waals surface area contributed by atoms with Crippen LogP contribution in [0.25, 0.3) is 11.3 Å². The third-order valence-electron chi connectivity index (χ3n) is 7.43. The fraction of sp³-hybridized carbons (Fsp3) is 0.483. The van der Waals surface area contributed by atoms with Crippen LogP contribution in [0.2, 0.25) is 0 Å². The van der Waals surface area contributed by atoms with Crippen molar-refractivity contribution in [3.8, 4) is 11.3 Å². The first-order valence-corrected chi connectivity index (χ1v) is 14.0. The lowest BCUT2D eigenvalue weighted by molar-refractivity contribution is -0.157. The zero-order chi connectivity index (χ0) is 29.7. The van der Waals surface area contributed by atoms with E-state index in [2.05, 4.69) is 15.6 Å². The van der Waals surface area contributed by atoms with Gasteiger partial charge in [0.05, 0.1) is 17.7 Å². The average molecular weight is 564 g/mol.